The van der Waals surface area contributed by atoms with Gasteiger partial charge in [-0.3, -0.25) is 14.5 Å². The number of benzene rings is 1. The standard InChI is InChI=1S/C12H7ClFN3O/c13-8-3-1-2-7-4-5-17(12(18)11(7)8)10-6-9(14)15-16-10/h1-6H,(H,15,16). The summed E-state index contributed by atoms with van der Waals surface area (Å²) in [4.78, 5) is 12.3. The Bertz CT molecular complexity index is 793. The first-order chi connectivity index (χ1) is 8.66. The summed E-state index contributed by atoms with van der Waals surface area (Å²) in [5, 5.41) is 7.34. The van der Waals surface area contributed by atoms with Crippen LogP contribution in [0.4, 0.5) is 4.39 Å². The number of hydrogen-bond acceptors (Lipinski definition) is 2. The van der Waals surface area contributed by atoms with Crippen LogP contribution in [0.5, 0.6) is 0 Å². The molecule has 0 bridgehead atoms. The van der Waals surface area contributed by atoms with E-state index in [1.165, 1.54) is 10.8 Å². The third kappa shape index (κ3) is 1.60. The van der Waals surface area contributed by atoms with Crippen molar-refractivity contribution < 1.29 is 4.39 Å². The largest absolute Gasteiger partial charge is 0.268 e. The lowest BCUT2D eigenvalue weighted by Gasteiger charge is -2.04. The van der Waals surface area contributed by atoms with Crippen LogP contribution in [0.2, 0.25) is 5.02 Å². The molecule has 2 aromatic heterocycles. The fourth-order valence-electron chi connectivity index (χ4n) is 1.84. The molecule has 0 fully saturated rings. The minimum Gasteiger partial charge on any atom is -0.268 e. The van der Waals surface area contributed by atoms with E-state index in [0.717, 1.165) is 11.5 Å². The molecule has 3 rings (SSSR count). The Kier molecular flexibility index (Phi) is 2.41. The van der Waals surface area contributed by atoms with E-state index in [4.69, 9.17) is 11.6 Å². The van der Waals surface area contributed by atoms with E-state index < -0.39 is 5.95 Å². The van der Waals surface area contributed by atoms with Gasteiger partial charge in [-0.05, 0) is 17.5 Å². The SMILES string of the molecule is O=c1c2c(Cl)cccc2ccn1-c1cc(F)[nH]n1. The Hall–Kier alpha value is -2.14. The summed E-state index contributed by atoms with van der Waals surface area (Å²) >= 11 is 6.01. The molecule has 0 saturated heterocycles. The molecular formula is C12H7ClFN3O. The number of pyridine rings is 1. The van der Waals surface area contributed by atoms with Crippen molar-refractivity contribution in [1.82, 2.24) is 14.8 Å². The minimum absolute atomic E-state index is 0.194. The molecule has 6 heteroatoms. The van der Waals surface area contributed by atoms with Crippen molar-refractivity contribution in [2.24, 2.45) is 0 Å². The highest BCUT2D eigenvalue weighted by atomic mass is 35.5. The third-order valence-corrected chi connectivity index (χ3v) is 2.98. The summed E-state index contributed by atoms with van der Waals surface area (Å²) in [6.45, 7) is 0. The van der Waals surface area contributed by atoms with E-state index in [1.807, 2.05) is 0 Å². The van der Waals surface area contributed by atoms with Crippen LogP contribution in [0.25, 0.3) is 16.6 Å². The van der Waals surface area contributed by atoms with Crippen LogP contribution in [-0.2, 0) is 0 Å². The maximum Gasteiger partial charge on any atom is 0.265 e. The molecule has 0 spiro atoms. The molecule has 0 aliphatic rings. The van der Waals surface area contributed by atoms with Gasteiger partial charge in [-0.1, -0.05) is 23.7 Å². The van der Waals surface area contributed by atoms with Crippen LogP contribution in [0.15, 0.2) is 41.3 Å². The van der Waals surface area contributed by atoms with Crippen LogP contribution in [0.3, 0.4) is 0 Å². The number of hydrogen-bond donors (Lipinski definition) is 1. The van der Waals surface area contributed by atoms with Crippen molar-refractivity contribution in [3.05, 3.63) is 57.9 Å². The van der Waals surface area contributed by atoms with Gasteiger partial charge in [-0.15, -0.1) is 0 Å². The summed E-state index contributed by atoms with van der Waals surface area (Å²) in [5.74, 6) is -0.407. The Morgan fingerprint density at radius 2 is 2.17 bits per heavy atom. The molecule has 1 aromatic carbocycles. The Morgan fingerprint density at radius 1 is 1.33 bits per heavy atom. The molecule has 4 nitrogen and oxygen atoms in total. The monoisotopic (exact) mass is 263 g/mol. The molecule has 0 unspecified atom stereocenters. The van der Waals surface area contributed by atoms with Crippen LogP contribution < -0.4 is 5.56 Å². The average molecular weight is 264 g/mol. The molecule has 2 heterocycles. The smallest absolute Gasteiger partial charge is 0.265 e. The van der Waals surface area contributed by atoms with Gasteiger partial charge in [0.1, 0.15) is 0 Å². The molecule has 18 heavy (non-hydrogen) atoms. The first-order valence-corrected chi connectivity index (χ1v) is 5.56. The number of rotatable bonds is 1. The lowest BCUT2D eigenvalue weighted by Crippen LogP contribution is -2.18. The predicted octanol–water partition coefficient (Wildman–Crippen LogP) is 2.51. The van der Waals surface area contributed by atoms with Crippen molar-refractivity contribution in [3.63, 3.8) is 0 Å². The van der Waals surface area contributed by atoms with Crippen LogP contribution in [0, 0.1) is 5.95 Å². The molecule has 3 aromatic rings. The third-order valence-electron chi connectivity index (χ3n) is 2.66. The maximum atomic E-state index is 12.9. The van der Waals surface area contributed by atoms with Crippen molar-refractivity contribution in [2.45, 2.75) is 0 Å². The molecule has 0 amide bonds. The fourth-order valence-corrected chi connectivity index (χ4v) is 2.10. The summed E-state index contributed by atoms with van der Waals surface area (Å²) < 4.78 is 14.1. The molecular weight excluding hydrogens is 257 g/mol. The Labute approximate surface area is 106 Å². The molecule has 0 radical (unpaired) electrons. The number of nitrogens with zero attached hydrogens (tertiary/aromatic N) is 2. The minimum atomic E-state index is -0.601. The van der Waals surface area contributed by atoms with Gasteiger partial charge in [0.05, 0.1) is 10.4 Å². The number of aromatic nitrogens is 3. The molecule has 0 atom stereocenters. The van der Waals surface area contributed by atoms with E-state index in [1.54, 1.807) is 24.3 Å². The van der Waals surface area contributed by atoms with Gasteiger partial charge >= 0.3 is 0 Å². The van der Waals surface area contributed by atoms with Crippen LogP contribution in [0.1, 0.15) is 0 Å². The highest BCUT2D eigenvalue weighted by molar-refractivity contribution is 6.35. The van der Waals surface area contributed by atoms with E-state index in [9.17, 15) is 9.18 Å². The fraction of sp³-hybridized carbons (Fsp3) is 0. The lowest BCUT2D eigenvalue weighted by molar-refractivity contribution is 0.579. The topological polar surface area (TPSA) is 50.7 Å². The molecule has 90 valence electrons. The second kappa shape index (κ2) is 3.96. The number of fused-ring (bicyclic) bond motifs is 1. The van der Waals surface area contributed by atoms with E-state index in [2.05, 4.69) is 10.2 Å². The predicted molar refractivity (Wildman–Crippen MR) is 66.7 cm³/mol. The van der Waals surface area contributed by atoms with Gasteiger partial charge in [-0.25, -0.2) is 0 Å². The molecule has 1 N–H and O–H groups in total. The van der Waals surface area contributed by atoms with Crippen LogP contribution in [-0.4, -0.2) is 14.8 Å². The normalized spacial score (nSPS) is 11.0. The number of nitrogens with one attached hydrogen (secondary N) is 1. The number of aromatic amines is 1. The van der Waals surface area contributed by atoms with Gasteiger partial charge in [0.2, 0.25) is 5.95 Å². The van der Waals surface area contributed by atoms with Gasteiger partial charge < -0.3 is 0 Å². The summed E-state index contributed by atoms with van der Waals surface area (Å²) in [5.41, 5.74) is -0.329. The highest BCUT2D eigenvalue weighted by Crippen LogP contribution is 2.20. The zero-order valence-corrected chi connectivity index (χ0v) is 9.78. The van der Waals surface area contributed by atoms with Crippen molar-refractivity contribution in [2.75, 3.05) is 0 Å². The lowest BCUT2D eigenvalue weighted by atomic mass is 10.2. The molecule has 0 aliphatic heterocycles. The highest BCUT2D eigenvalue weighted by Gasteiger charge is 2.09. The number of halogens is 2. The quantitative estimate of drug-likeness (QED) is 0.733. The van der Waals surface area contributed by atoms with Crippen LogP contribution >= 0.6 is 11.6 Å². The van der Waals surface area contributed by atoms with E-state index in [-0.39, 0.29) is 11.4 Å². The molecule has 0 aliphatic carbocycles. The first-order valence-electron chi connectivity index (χ1n) is 5.18. The van der Waals surface area contributed by atoms with E-state index >= 15 is 0 Å². The van der Waals surface area contributed by atoms with Crippen molar-refractivity contribution >= 4 is 22.4 Å². The number of H-pyrrole nitrogens is 1. The van der Waals surface area contributed by atoms with E-state index in [0.29, 0.717) is 10.4 Å². The average Bonchev–Trinajstić information content (AvgIpc) is 2.76. The summed E-state index contributed by atoms with van der Waals surface area (Å²) in [7, 11) is 0. The zero-order chi connectivity index (χ0) is 12.7. The van der Waals surface area contributed by atoms with Gasteiger partial charge in [0.15, 0.2) is 5.82 Å². The Balaban J connectivity index is 2.36. The Morgan fingerprint density at radius 3 is 2.89 bits per heavy atom. The molecule has 0 saturated carbocycles. The first kappa shape index (κ1) is 11.0. The summed E-state index contributed by atoms with van der Waals surface area (Å²) in [6.07, 6.45) is 1.54. The van der Waals surface area contributed by atoms with Gasteiger partial charge in [-0.2, -0.15) is 9.49 Å². The van der Waals surface area contributed by atoms with Gasteiger partial charge in [0, 0.05) is 12.3 Å². The summed E-state index contributed by atoms with van der Waals surface area (Å²) in [6, 6.07) is 8.07. The second-order valence-electron chi connectivity index (χ2n) is 3.77. The van der Waals surface area contributed by atoms with Gasteiger partial charge in [0.25, 0.3) is 5.56 Å². The second-order valence-corrected chi connectivity index (χ2v) is 4.18. The van der Waals surface area contributed by atoms with Crippen molar-refractivity contribution in [3.8, 4) is 5.82 Å². The zero-order valence-electron chi connectivity index (χ0n) is 9.02. The van der Waals surface area contributed by atoms with Crippen molar-refractivity contribution in [1.29, 1.82) is 0 Å². The maximum absolute atomic E-state index is 12.9.